The molecule has 1 saturated heterocycles. The van der Waals surface area contributed by atoms with Gasteiger partial charge in [0.15, 0.2) is 27.1 Å². The lowest BCUT2D eigenvalue weighted by Gasteiger charge is -2.51. The van der Waals surface area contributed by atoms with Gasteiger partial charge in [-0.3, -0.25) is 14.5 Å². The minimum Gasteiger partial charge on any atom is -0.368 e. The molecule has 6 nitrogen and oxygen atoms in total. The number of carbonyl (C=O) groups is 2. The molecule has 0 N–H and O–H groups in total. The normalized spacial score (nSPS) is 30.9. The van der Waals surface area contributed by atoms with Crippen molar-refractivity contribution in [3.63, 3.8) is 0 Å². The largest absolute Gasteiger partial charge is 0.368 e. The second-order valence-electron chi connectivity index (χ2n) is 6.52. The summed E-state index contributed by atoms with van der Waals surface area (Å²) in [6.07, 6.45) is 0.651. The van der Waals surface area contributed by atoms with E-state index < -0.39 is 37.2 Å². The fourth-order valence-electron chi connectivity index (χ4n) is 2.84. The Morgan fingerprint density at radius 1 is 1.32 bits per heavy atom. The van der Waals surface area contributed by atoms with E-state index in [1.54, 1.807) is 34.0 Å². The lowest BCUT2D eigenvalue weighted by Crippen LogP contribution is -2.71. The van der Waals surface area contributed by atoms with Crippen LogP contribution >= 0.6 is 11.8 Å². The Kier molecular flexibility index (Phi) is 4.25. The Bertz CT molecular complexity index is 659. The van der Waals surface area contributed by atoms with Gasteiger partial charge in [-0.05, 0) is 18.8 Å². The molecule has 0 aliphatic carbocycles. The SMILES string of the molecule is CO[C@H]1C(=O)N2C(C(=O)C(C)(C)C)=C(C)C(SC)S(=O)(=O)[C@@H]12. The van der Waals surface area contributed by atoms with Crippen LogP contribution in [0.2, 0.25) is 0 Å². The molecule has 2 heterocycles. The molecule has 0 aromatic carbocycles. The first kappa shape index (κ1) is 17.5. The van der Waals surface area contributed by atoms with E-state index in [1.165, 1.54) is 7.11 Å². The highest BCUT2D eigenvalue weighted by atomic mass is 32.3. The third kappa shape index (κ3) is 2.23. The average molecular weight is 347 g/mol. The number of ketones is 1. The number of carbonyl (C=O) groups excluding carboxylic acids is 2. The van der Waals surface area contributed by atoms with E-state index in [9.17, 15) is 18.0 Å². The van der Waals surface area contributed by atoms with Crippen molar-refractivity contribution in [2.45, 2.75) is 43.8 Å². The van der Waals surface area contributed by atoms with Crippen LogP contribution < -0.4 is 0 Å². The maximum atomic E-state index is 12.7. The van der Waals surface area contributed by atoms with Crippen LogP contribution in [0.3, 0.4) is 0 Å². The molecule has 124 valence electrons. The second kappa shape index (κ2) is 5.35. The molecule has 1 unspecified atom stereocenters. The monoisotopic (exact) mass is 347 g/mol. The number of allylic oxidation sites excluding steroid dienone is 1. The number of methoxy groups -OCH3 is 1. The van der Waals surface area contributed by atoms with E-state index in [4.69, 9.17) is 4.74 Å². The summed E-state index contributed by atoms with van der Waals surface area (Å²) in [5, 5.41) is -1.10. The second-order valence-corrected chi connectivity index (χ2v) is 9.90. The fourth-order valence-corrected chi connectivity index (χ4v) is 6.65. The summed E-state index contributed by atoms with van der Waals surface area (Å²) in [7, 11) is -2.33. The zero-order chi connectivity index (χ0) is 17.0. The van der Waals surface area contributed by atoms with Gasteiger partial charge in [-0.2, -0.15) is 0 Å². The summed E-state index contributed by atoms with van der Waals surface area (Å²) >= 11 is 1.15. The number of hydrogen-bond donors (Lipinski definition) is 0. The number of ether oxygens (including phenoxy) is 1. The van der Waals surface area contributed by atoms with Gasteiger partial charge in [0.25, 0.3) is 5.91 Å². The van der Waals surface area contributed by atoms with Crippen molar-refractivity contribution in [3.8, 4) is 0 Å². The van der Waals surface area contributed by atoms with Gasteiger partial charge in [-0.1, -0.05) is 20.8 Å². The van der Waals surface area contributed by atoms with Crippen LogP contribution in [0.4, 0.5) is 0 Å². The number of hydrogen-bond acceptors (Lipinski definition) is 6. The Balaban J connectivity index is 2.66. The molecule has 1 amide bonds. The van der Waals surface area contributed by atoms with Crippen molar-refractivity contribution in [1.82, 2.24) is 4.90 Å². The standard InChI is InChI=1S/C14H21NO5S2/c1-7-8(10(16)14(2,3)4)15-11(17)9(20-5)12(15)22(18,19)13(7)21-6/h9,12-13H,1-6H3/t9-,12-,13?/m0/s1. The van der Waals surface area contributed by atoms with Gasteiger partial charge in [0.2, 0.25) is 0 Å². The minimum absolute atomic E-state index is 0.213. The topological polar surface area (TPSA) is 80.8 Å². The number of amides is 1. The van der Waals surface area contributed by atoms with E-state index in [0.29, 0.717) is 5.57 Å². The first-order chi connectivity index (χ1) is 10.00. The number of nitrogens with zero attached hydrogens (tertiary/aromatic N) is 1. The number of β-lactam (4-membered cyclic amide) rings is 1. The minimum atomic E-state index is -3.64. The molecule has 3 atom stereocenters. The fraction of sp³-hybridized carbons (Fsp3) is 0.714. The molecule has 2 rings (SSSR count). The molecule has 22 heavy (non-hydrogen) atoms. The molecule has 0 aromatic heterocycles. The predicted octanol–water partition coefficient (Wildman–Crippen LogP) is 1.18. The molecule has 2 aliphatic heterocycles. The summed E-state index contributed by atoms with van der Waals surface area (Å²) < 4.78 is 29.6. The molecule has 0 spiro atoms. The molecule has 0 saturated carbocycles. The number of thioether (sulfide) groups is 1. The summed E-state index contributed by atoms with van der Waals surface area (Å²) in [6, 6.07) is 0. The van der Waals surface area contributed by atoms with E-state index in [-0.39, 0.29) is 11.5 Å². The molecule has 8 heteroatoms. The highest BCUT2D eigenvalue weighted by Crippen LogP contribution is 2.45. The third-order valence-corrected chi connectivity index (χ3v) is 8.21. The van der Waals surface area contributed by atoms with Crippen LogP contribution in [0.15, 0.2) is 11.3 Å². The van der Waals surface area contributed by atoms with Crippen LogP contribution in [0, 0.1) is 5.41 Å². The predicted molar refractivity (Wildman–Crippen MR) is 84.8 cm³/mol. The van der Waals surface area contributed by atoms with Crippen LogP contribution in [-0.2, 0) is 24.2 Å². The molecule has 2 aliphatic rings. The van der Waals surface area contributed by atoms with E-state index in [1.807, 2.05) is 0 Å². The Hall–Kier alpha value is -0.860. The van der Waals surface area contributed by atoms with Gasteiger partial charge >= 0.3 is 0 Å². The van der Waals surface area contributed by atoms with Crippen LogP contribution in [0.5, 0.6) is 0 Å². The van der Waals surface area contributed by atoms with E-state index in [2.05, 4.69) is 0 Å². The third-order valence-electron chi connectivity index (χ3n) is 3.96. The summed E-state index contributed by atoms with van der Waals surface area (Å²) in [5.41, 5.74) is -0.0690. The maximum absolute atomic E-state index is 12.7. The summed E-state index contributed by atoms with van der Waals surface area (Å²) in [4.78, 5) is 26.1. The van der Waals surface area contributed by atoms with Gasteiger partial charge in [0.05, 0.1) is 5.70 Å². The van der Waals surface area contributed by atoms with Crippen molar-refractivity contribution in [1.29, 1.82) is 0 Å². The quantitative estimate of drug-likeness (QED) is 0.713. The summed E-state index contributed by atoms with van der Waals surface area (Å²) in [6.45, 7) is 6.86. The zero-order valence-corrected chi connectivity index (χ0v) is 15.2. The summed E-state index contributed by atoms with van der Waals surface area (Å²) in [5.74, 6) is -0.700. The number of rotatable bonds is 3. The van der Waals surface area contributed by atoms with Crippen LogP contribution in [0.25, 0.3) is 0 Å². The number of fused-ring (bicyclic) bond motifs is 1. The van der Waals surface area contributed by atoms with Gasteiger partial charge in [-0.15, -0.1) is 11.8 Å². The Morgan fingerprint density at radius 2 is 1.86 bits per heavy atom. The van der Waals surface area contributed by atoms with Crippen molar-refractivity contribution in [2.24, 2.45) is 5.41 Å². The number of Topliss-reactive ketones (excluding diaryl/α,β-unsaturated/α-hetero) is 1. The molecule has 0 aromatic rings. The first-order valence-corrected chi connectivity index (χ1v) is 9.76. The molecule has 0 bridgehead atoms. The highest BCUT2D eigenvalue weighted by Gasteiger charge is 2.63. The van der Waals surface area contributed by atoms with Crippen LogP contribution in [0.1, 0.15) is 27.7 Å². The molecular formula is C14H21NO5S2. The van der Waals surface area contributed by atoms with Crippen molar-refractivity contribution < 1.29 is 22.7 Å². The van der Waals surface area contributed by atoms with Crippen molar-refractivity contribution >= 4 is 33.3 Å². The Labute approximate surface area is 135 Å². The van der Waals surface area contributed by atoms with E-state index in [0.717, 1.165) is 16.7 Å². The molecule has 0 radical (unpaired) electrons. The molecular weight excluding hydrogens is 326 g/mol. The van der Waals surface area contributed by atoms with Crippen molar-refractivity contribution in [3.05, 3.63) is 11.3 Å². The van der Waals surface area contributed by atoms with Gasteiger partial charge in [-0.25, -0.2) is 8.42 Å². The highest BCUT2D eigenvalue weighted by molar-refractivity contribution is 8.13. The van der Waals surface area contributed by atoms with Gasteiger partial charge in [0.1, 0.15) is 4.58 Å². The van der Waals surface area contributed by atoms with Crippen LogP contribution in [-0.4, -0.2) is 54.4 Å². The number of sulfone groups is 1. The zero-order valence-electron chi connectivity index (χ0n) is 13.5. The maximum Gasteiger partial charge on any atom is 0.260 e. The molecule has 1 fully saturated rings. The van der Waals surface area contributed by atoms with Crippen molar-refractivity contribution in [2.75, 3.05) is 13.4 Å². The van der Waals surface area contributed by atoms with E-state index >= 15 is 0 Å². The average Bonchev–Trinajstić information content (AvgIpc) is 2.38. The lowest BCUT2D eigenvalue weighted by atomic mass is 9.86. The van der Waals surface area contributed by atoms with Gasteiger partial charge in [0, 0.05) is 12.5 Å². The smallest absolute Gasteiger partial charge is 0.260 e. The first-order valence-electron chi connectivity index (χ1n) is 6.87. The van der Waals surface area contributed by atoms with Gasteiger partial charge < -0.3 is 4.74 Å². The lowest BCUT2D eigenvalue weighted by molar-refractivity contribution is -0.161. The Morgan fingerprint density at radius 3 is 2.27 bits per heavy atom.